The number of aryl methyl sites for hydroxylation is 1. The number of aromatic nitrogens is 1. The van der Waals surface area contributed by atoms with Crippen LogP contribution in [0.25, 0.3) is 6.08 Å². The molecule has 6 heteroatoms. The zero-order chi connectivity index (χ0) is 18.1. The normalized spacial score (nSPS) is 14.2. The van der Waals surface area contributed by atoms with Crippen molar-refractivity contribution in [3.05, 3.63) is 81.5 Å². The smallest absolute Gasteiger partial charge is 0.343 e. The van der Waals surface area contributed by atoms with Gasteiger partial charge in [-0.2, -0.15) is 0 Å². The molecule has 26 heavy (non-hydrogen) atoms. The summed E-state index contributed by atoms with van der Waals surface area (Å²) < 4.78 is 11.1. The van der Waals surface area contributed by atoms with Crippen molar-refractivity contribution in [3.63, 3.8) is 0 Å². The molecule has 0 unspecified atom stereocenters. The second kappa shape index (κ2) is 6.57. The van der Waals surface area contributed by atoms with Crippen LogP contribution in [0.5, 0.6) is 11.5 Å². The Labute approximate surface area is 153 Å². The fourth-order valence-electron chi connectivity index (χ4n) is 2.69. The molecule has 0 fully saturated rings. The van der Waals surface area contributed by atoms with Crippen LogP contribution in [0.4, 0.5) is 0 Å². The Morgan fingerprint density at radius 3 is 2.77 bits per heavy atom. The molecule has 0 aliphatic carbocycles. The minimum absolute atomic E-state index is 0.169. The maximum absolute atomic E-state index is 12.6. The SMILES string of the molecule is Cc1cc(OC(=O)c2ccncc2)cc2c1C(=O)/C(=C/c1cccs1)O2. The molecule has 1 aliphatic heterocycles. The Bertz CT molecular complexity index is 1020. The van der Waals surface area contributed by atoms with E-state index in [1.165, 1.54) is 23.7 Å². The van der Waals surface area contributed by atoms with Crippen LogP contribution in [-0.4, -0.2) is 16.7 Å². The highest BCUT2D eigenvalue weighted by Gasteiger charge is 2.30. The van der Waals surface area contributed by atoms with Gasteiger partial charge in [0.15, 0.2) is 5.76 Å². The average Bonchev–Trinajstić information content (AvgIpc) is 3.24. The predicted octanol–water partition coefficient (Wildman–Crippen LogP) is 4.29. The molecular weight excluding hydrogens is 350 g/mol. The minimum atomic E-state index is -0.495. The van der Waals surface area contributed by atoms with Crippen LogP contribution in [0.15, 0.2) is 59.9 Å². The van der Waals surface area contributed by atoms with E-state index in [4.69, 9.17) is 9.47 Å². The lowest BCUT2D eigenvalue weighted by molar-refractivity contribution is 0.0734. The molecule has 4 rings (SSSR count). The lowest BCUT2D eigenvalue weighted by Gasteiger charge is -2.07. The van der Waals surface area contributed by atoms with Crippen molar-refractivity contribution >= 4 is 29.2 Å². The highest BCUT2D eigenvalue weighted by atomic mass is 32.1. The number of pyridine rings is 1. The zero-order valence-electron chi connectivity index (χ0n) is 13.8. The first-order valence-electron chi connectivity index (χ1n) is 7.86. The highest BCUT2D eigenvalue weighted by molar-refractivity contribution is 7.10. The molecule has 0 spiro atoms. The van der Waals surface area contributed by atoms with Crippen molar-refractivity contribution in [3.8, 4) is 11.5 Å². The second-order valence-electron chi connectivity index (χ2n) is 5.69. The van der Waals surface area contributed by atoms with E-state index in [1.807, 2.05) is 17.5 Å². The minimum Gasteiger partial charge on any atom is -0.452 e. The molecule has 0 radical (unpaired) electrons. The van der Waals surface area contributed by atoms with Gasteiger partial charge < -0.3 is 9.47 Å². The van der Waals surface area contributed by atoms with Crippen molar-refractivity contribution in [2.45, 2.75) is 6.92 Å². The highest BCUT2D eigenvalue weighted by Crippen LogP contribution is 2.38. The first-order valence-corrected chi connectivity index (χ1v) is 8.74. The summed E-state index contributed by atoms with van der Waals surface area (Å²) in [5, 5.41) is 1.93. The Morgan fingerprint density at radius 2 is 2.04 bits per heavy atom. The Hall–Kier alpha value is -3.25. The van der Waals surface area contributed by atoms with Crippen LogP contribution in [0.1, 0.15) is 31.2 Å². The topological polar surface area (TPSA) is 65.5 Å². The molecule has 128 valence electrons. The van der Waals surface area contributed by atoms with Crippen molar-refractivity contribution in [2.75, 3.05) is 0 Å². The van der Waals surface area contributed by atoms with E-state index >= 15 is 0 Å². The summed E-state index contributed by atoms with van der Waals surface area (Å²) >= 11 is 1.52. The summed E-state index contributed by atoms with van der Waals surface area (Å²) in [6, 6.07) is 10.2. The Kier molecular flexibility index (Phi) is 4.10. The zero-order valence-corrected chi connectivity index (χ0v) is 14.6. The van der Waals surface area contributed by atoms with Gasteiger partial charge in [0.1, 0.15) is 11.5 Å². The van der Waals surface area contributed by atoms with Gasteiger partial charge in [-0.25, -0.2) is 4.79 Å². The number of ether oxygens (including phenoxy) is 2. The van der Waals surface area contributed by atoms with Crippen molar-refractivity contribution < 1.29 is 19.1 Å². The summed E-state index contributed by atoms with van der Waals surface area (Å²) in [6.45, 7) is 1.79. The molecule has 5 nitrogen and oxygen atoms in total. The second-order valence-corrected chi connectivity index (χ2v) is 6.67. The van der Waals surface area contributed by atoms with Gasteiger partial charge in [0.25, 0.3) is 0 Å². The number of Topliss-reactive ketones (excluding diaryl/α,β-unsaturated/α-hetero) is 1. The van der Waals surface area contributed by atoms with Crippen LogP contribution >= 0.6 is 11.3 Å². The fraction of sp³-hybridized carbons (Fsp3) is 0.0500. The van der Waals surface area contributed by atoms with Crippen LogP contribution in [0.3, 0.4) is 0 Å². The molecule has 0 amide bonds. The monoisotopic (exact) mass is 363 g/mol. The van der Waals surface area contributed by atoms with E-state index < -0.39 is 5.97 Å². The number of hydrogen-bond acceptors (Lipinski definition) is 6. The summed E-state index contributed by atoms with van der Waals surface area (Å²) in [6.07, 6.45) is 4.76. The van der Waals surface area contributed by atoms with Crippen molar-refractivity contribution in [1.82, 2.24) is 4.98 Å². The van der Waals surface area contributed by atoms with Gasteiger partial charge in [0, 0.05) is 29.4 Å². The summed E-state index contributed by atoms with van der Waals surface area (Å²) in [5.74, 6) is 0.329. The van der Waals surface area contributed by atoms with Gasteiger partial charge in [0.05, 0.1) is 11.1 Å². The Balaban J connectivity index is 1.62. The third-order valence-corrected chi connectivity index (χ3v) is 4.71. The maximum Gasteiger partial charge on any atom is 0.343 e. The molecule has 1 aromatic carbocycles. The molecule has 3 aromatic rings. The van der Waals surface area contributed by atoms with Crippen molar-refractivity contribution in [2.24, 2.45) is 0 Å². The summed E-state index contributed by atoms with van der Waals surface area (Å²) in [7, 11) is 0. The van der Waals surface area contributed by atoms with Gasteiger partial charge >= 0.3 is 5.97 Å². The molecule has 3 heterocycles. The standard InChI is InChI=1S/C20H13NO4S/c1-12-9-14(24-20(23)13-4-6-21-7-5-13)10-16-18(12)19(22)17(25-16)11-15-3-2-8-26-15/h2-11H,1H3/b17-11-. The van der Waals surface area contributed by atoms with E-state index in [9.17, 15) is 9.59 Å². The van der Waals surface area contributed by atoms with Gasteiger partial charge in [-0.1, -0.05) is 6.07 Å². The van der Waals surface area contributed by atoms with Crippen molar-refractivity contribution in [1.29, 1.82) is 0 Å². The van der Waals surface area contributed by atoms with Gasteiger partial charge in [-0.05, 0) is 42.1 Å². The van der Waals surface area contributed by atoms with E-state index in [1.54, 1.807) is 37.3 Å². The van der Waals surface area contributed by atoms with Crippen LogP contribution < -0.4 is 9.47 Å². The van der Waals surface area contributed by atoms with E-state index in [2.05, 4.69) is 4.98 Å². The number of fused-ring (bicyclic) bond motifs is 1. The number of allylic oxidation sites excluding steroid dienone is 1. The van der Waals surface area contributed by atoms with Gasteiger partial charge in [-0.15, -0.1) is 11.3 Å². The number of carbonyl (C=O) groups excluding carboxylic acids is 2. The number of hydrogen-bond donors (Lipinski definition) is 0. The number of ketones is 1. The molecule has 1 aliphatic rings. The molecule has 0 saturated carbocycles. The molecular formula is C20H13NO4S. The summed E-state index contributed by atoms with van der Waals surface area (Å²) in [5.41, 5.74) is 1.59. The first-order chi connectivity index (χ1) is 12.6. The molecule has 0 saturated heterocycles. The number of esters is 1. The van der Waals surface area contributed by atoms with E-state index in [0.29, 0.717) is 28.2 Å². The number of rotatable bonds is 3. The van der Waals surface area contributed by atoms with Crippen LogP contribution in [0.2, 0.25) is 0 Å². The number of nitrogens with zero attached hydrogens (tertiary/aromatic N) is 1. The number of benzene rings is 1. The third kappa shape index (κ3) is 3.02. The quantitative estimate of drug-likeness (QED) is 0.395. The Morgan fingerprint density at radius 1 is 1.23 bits per heavy atom. The summed E-state index contributed by atoms with van der Waals surface area (Å²) in [4.78, 5) is 29.6. The van der Waals surface area contributed by atoms with Gasteiger partial charge in [-0.3, -0.25) is 9.78 Å². The average molecular weight is 363 g/mol. The van der Waals surface area contributed by atoms with Crippen LogP contribution in [0, 0.1) is 6.92 Å². The number of carbonyl (C=O) groups is 2. The molecule has 0 atom stereocenters. The molecule has 0 bridgehead atoms. The van der Waals surface area contributed by atoms with E-state index in [-0.39, 0.29) is 11.5 Å². The lowest BCUT2D eigenvalue weighted by Crippen LogP contribution is -2.08. The van der Waals surface area contributed by atoms with Crippen LogP contribution in [-0.2, 0) is 0 Å². The largest absolute Gasteiger partial charge is 0.452 e. The van der Waals surface area contributed by atoms with E-state index in [0.717, 1.165) is 4.88 Å². The maximum atomic E-state index is 12.6. The lowest BCUT2D eigenvalue weighted by atomic mass is 10.0. The van der Waals surface area contributed by atoms with Gasteiger partial charge in [0.2, 0.25) is 5.78 Å². The predicted molar refractivity (Wildman–Crippen MR) is 97.6 cm³/mol. The third-order valence-electron chi connectivity index (χ3n) is 3.89. The molecule has 0 N–H and O–H groups in total. The molecule has 2 aromatic heterocycles. The fourth-order valence-corrected chi connectivity index (χ4v) is 3.34. The first kappa shape index (κ1) is 16.2. The number of thiophene rings is 1.